The van der Waals surface area contributed by atoms with E-state index in [1.54, 1.807) is 36.0 Å². The zero-order valence-electron chi connectivity index (χ0n) is 17.2. The minimum atomic E-state index is -0.258. The number of carbonyl (C=O) groups excluding carboxylic acids is 2. The van der Waals surface area contributed by atoms with Crippen LogP contribution >= 0.6 is 23.4 Å². The summed E-state index contributed by atoms with van der Waals surface area (Å²) in [4.78, 5) is 28.9. The fraction of sp³-hybridized carbons (Fsp3) is 0.167. The van der Waals surface area contributed by atoms with E-state index in [9.17, 15) is 9.59 Å². The van der Waals surface area contributed by atoms with Crippen molar-refractivity contribution >= 4 is 52.2 Å². The van der Waals surface area contributed by atoms with Gasteiger partial charge in [-0.3, -0.25) is 14.5 Å². The molecule has 0 aliphatic carbocycles. The van der Waals surface area contributed by atoms with Crippen LogP contribution in [0.5, 0.6) is 0 Å². The van der Waals surface area contributed by atoms with E-state index in [0.29, 0.717) is 22.0 Å². The lowest BCUT2D eigenvalue weighted by Crippen LogP contribution is -2.27. The Kier molecular flexibility index (Phi) is 6.20. The molecule has 3 aromatic rings. The maximum absolute atomic E-state index is 12.6. The molecule has 0 aromatic heterocycles. The maximum atomic E-state index is 12.6. The quantitative estimate of drug-likeness (QED) is 0.561. The predicted molar refractivity (Wildman–Crippen MR) is 129 cm³/mol. The van der Waals surface area contributed by atoms with Crippen LogP contribution in [0.1, 0.15) is 21.3 Å². The van der Waals surface area contributed by atoms with Crippen molar-refractivity contribution in [1.29, 1.82) is 0 Å². The first-order valence-electron chi connectivity index (χ1n) is 9.81. The summed E-state index contributed by atoms with van der Waals surface area (Å²) < 4.78 is 0. The standard InChI is InChI=1S/C24H22ClN3O2S/c1-27(2)18-11-13-19(14-12-18)28-22(29)15-31-24(28)16-7-9-17(10-8-16)26-23(30)20-5-3-4-6-21(20)25/h3-14,24H,15H2,1-2H3,(H,26,30)/t24-/m0/s1. The highest BCUT2D eigenvalue weighted by Gasteiger charge is 2.34. The van der Waals surface area contributed by atoms with E-state index >= 15 is 0 Å². The summed E-state index contributed by atoms with van der Waals surface area (Å²) in [5, 5.41) is 3.17. The van der Waals surface area contributed by atoms with Gasteiger partial charge in [-0.1, -0.05) is 35.9 Å². The fourth-order valence-electron chi connectivity index (χ4n) is 3.44. The van der Waals surface area contributed by atoms with Crippen molar-refractivity contribution < 1.29 is 9.59 Å². The predicted octanol–water partition coefficient (Wildman–Crippen LogP) is 5.44. The lowest BCUT2D eigenvalue weighted by molar-refractivity contribution is -0.115. The molecule has 0 bridgehead atoms. The molecular weight excluding hydrogens is 430 g/mol. The van der Waals surface area contributed by atoms with E-state index in [2.05, 4.69) is 5.32 Å². The number of carbonyl (C=O) groups is 2. The van der Waals surface area contributed by atoms with Crippen molar-refractivity contribution in [3.05, 3.63) is 88.9 Å². The Morgan fingerprint density at radius 2 is 1.71 bits per heavy atom. The second-order valence-corrected chi connectivity index (χ2v) is 8.87. The lowest BCUT2D eigenvalue weighted by Gasteiger charge is -2.25. The van der Waals surface area contributed by atoms with Gasteiger partial charge in [0.05, 0.1) is 16.3 Å². The number of thioether (sulfide) groups is 1. The molecule has 0 spiro atoms. The summed E-state index contributed by atoms with van der Waals surface area (Å²) in [6.07, 6.45) is 0. The molecule has 1 aliphatic heterocycles. The Morgan fingerprint density at radius 1 is 1.03 bits per heavy atom. The number of rotatable bonds is 5. The Balaban J connectivity index is 1.51. The van der Waals surface area contributed by atoms with E-state index in [0.717, 1.165) is 16.9 Å². The number of benzene rings is 3. The number of nitrogens with one attached hydrogen (secondary N) is 1. The molecular formula is C24H22ClN3O2S. The third-order valence-electron chi connectivity index (χ3n) is 5.08. The number of nitrogens with zero attached hydrogens (tertiary/aromatic N) is 2. The number of hydrogen-bond acceptors (Lipinski definition) is 4. The smallest absolute Gasteiger partial charge is 0.257 e. The highest BCUT2D eigenvalue weighted by Crippen LogP contribution is 2.42. The van der Waals surface area contributed by atoms with Crippen LogP contribution in [0, 0.1) is 0 Å². The van der Waals surface area contributed by atoms with Crippen LogP contribution in [0.25, 0.3) is 0 Å². The zero-order chi connectivity index (χ0) is 22.0. The average molecular weight is 452 g/mol. The minimum Gasteiger partial charge on any atom is -0.378 e. The largest absolute Gasteiger partial charge is 0.378 e. The molecule has 31 heavy (non-hydrogen) atoms. The van der Waals surface area contributed by atoms with E-state index in [1.807, 2.05) is 72.4 Å². The third kappa shape index (κ3) is 4.55. The van der Waals surface area contributed by atoms with Gasteiger partial charge >= 0.3 is 0 Å². The van der Waals surface area contributed by atoms with Gasteiger partial charge in [0, 0.05) is 31.2 Å². The number of halogens is 1. The van der Waals surface area contributed by atoms with Gasteiger partial charge < -0.3 is 10.2 Å². The third-order valence-corrected chi connectivity index (χ3v) is 6.63. The number of hydrogen-bond donors (Lipinski definition) is 1. The molecule has 0 radical (unpaired) electrons. The van der Waals surface area contributed by atoms with Gasteiger partial charge in [-0.25, -0.2) is 0 Å². The Hall–Kier alpha value is -2.96. The number of anilines is 3. The van der Waals surface area contributed by atoms with E-state index in [-0.39, 0.29) is 17.2 Å². The maximum Gasteiger partial charge on any atom is 0.257 e. The Morgan fingerprint density at radius 3 is 2.35 bits per heavy atom. The van der Waals surface area contributed by atoms with Crippen LogP contribution < -0.4 is 15.1 Å². The molecule has 1 fully saturated rings. The lowest BCUT2D eigenvalue weighted by atomic mass is 10.1. The van der Waals surface area contributed by atoms with Crippen LogP contribution in [0.2, 0.25) is 5.02 Å². The van der Waals surface area contributed by atoms with Gasteiger partial charge in [0.15, 0.2) is 0 Å². The second-order valence-electron chi connectivity index (χ2n) is 7.39. The molecule has 0 saturated carbocycles. The summed E-state index contributed by atoms with van der Waals surface area (Å²) in [7, 11) is 3.97. The number of amides is 2. The Bertz CT molecular complexity index is 1100. The minimum absolute atomic E-state index is 0.0868. The van der Waals surface area contributed by atoms with Crippen molar-refractivity contribution in [2.24, 2.45) is 0 Å². The molecule has 2 amide bonds. The molecule has 158 valence electrons. The van der Waals surface area contributed by atoms with Crippen LogP contribution in [-0.4, -0.2) is 31.7 Å². The van der Waals surface area contributed by atoms with Crippen molar-refractivity contribution in [1.82, 2.24) is 0 Å². The second kappa shape index (κ2) is 9.04. The molecule has 1 N–H and O–H groups in total. The summed E-state index contributed by atoms with van der Waals surface area (Å²) >= 11 is 7.70. The van der Waals surface area contributed by atoms with Crippen molar-refractivity contribution in [3.63, 3.8) is 0 Å². The normalized spacial score (nSPS) is 15.8. The molecule has 0 unspecified atom stereocenters. The van der Waals surface area contributed by atoms with Gasteiger partial charge in [-0.05, 0) is 54.1 Å². The molecule has 4 rings (SSSR count). The average Bonchev–Trinajstić information content (AvgIpc) is 3.16. The SMILES string of the molecule is CN(C)c1ccc(N2C(=O)CS[C@H]2c2ccc(NC(=O)c3ccccc3Cl)cc2)cc1. The summed E-state index contributed by atoms with van der Waals surface area (Å²) in [5.74, 6) is 0.264. The zero-order valence-corrected chi connectivity index (χ0v) is 18.8. The molecule has 3 aromatic carbocycles. The molecule has 1 aliphatic rings. The molecule has 7 heteroatoms. The van der Waals surface area contributed by atoms with E-state index < -0.39 is 0 Å². The van der Waals surface area contributed by atoms with Gasteiger partial charge in [0.25, 0.3) is 5.91 Å². The molecule has 5 nitrogen and oxygen atoms in total. The molecule has 1 saturated heterocycles. The van der Waals surface area contributed by atoms with Gasteiger partial charge in [0.2, 0.25) is 5.91 Å². The van der Waals surface area contributed by atoms with E-state index in [1.165, 1.54) is 0 Å². The first kappa shape index (κ1) is 21.3. The monoisotopic (exact) mass is 451 g/mol. The van der Waals surface area contributed by atoms with Crippen molar-refractivity contribution in [2.45, 2.75) is 5.37 Å². The van der Waals surface area contributed by atoms with E-state index in [4.69, 9.17) is 11.6 Å². The summed E-state index contributed by atoms with van der Waals surface area (Å²) in [5.41, 5.74) is 4.06. The van der Waals surface area contributed by atoms with Crippen molar-refractivity contribution in [3.8, 4) is 0 Å². The van der Waals surface area contributed by atoms with Crippen LogP contribution in [0.3, 0.4) is 0 Å². The highest BCUT2D eigenvalue weighted by atomic mass is 35.5. The summed E-state index contributed by atoms with van der Waals surface area (Å²) in [6, 6.07) is 22.5. The first-order chi connectivity index (χ1) is 14.9. The highest BCUT2D eigenvalue weighted by molar-refractivity contribution is 8.00. The summed E-state index contributed by atoms with van der Waals surface area (Å²) in [6.45, 7) is 0. The topological polar surface area (TPSA) is 52.6 Å². The Labute approximate surface area is 191 Å². The van der Waals surface area contributed by atoms with Gasteiger partial charge in [-0.2, -0.15) is 0 Å². The molecule has 1 heterocycles. The molecule has 1 atom stereocenters. The van der Waals surface area contributed by atoms with Crippen molar-refractivity contribution in [2.75, 3.05) is 35.0 Å². The first-order valence-corrected chi connectivity index (χ1v) is 11.2. The van der Waals surface area contributed by atoms with Crippen LogP contribution in [-0.2, 0) is 4.79 Å². The fourth-order valence-corrected chi connectivity index (χ4v) is 4.84. The van der Waals surface area contributed by atoms with Gasteiger partial charge in [0.1, 0.15) is 5.37 Å². The van der Waals surface area contributed by atoms with Gasteiger partial charge in [-0.15, -0.1) is 11.8 Å². The van der Waals surface area contributed by atoms with Crippen LogP contribution in [0.15, 0.2) is 72.8 Å². The van der Waals surface area contributed by atoms with Crippen LogP contribution in [0.4, 0.5) is 17.1 Å².